The predicted molar refractivity (Wildman–Crippen MR) is 66.6 cm³/mol. The molecule has 0 aromatic carbocycles. The molecule has 2 unspecified atom stereocenters. The number of urea groups is 1. The third-order valence-corrected chi connectivity index (χ3v) is 2.91. The van der Waals surface area contributed by atoms with E-state index in [-0.39, 0.29) is 31.4 Å². The Morgan fingerprint density at radius 1 is 1.32 bits per heavy atom. The van der Waals surface area contributed by atoms with Crippen molar-refractivity contribution in [2.75, 3.05) is 13.2 Å². The normalized spacial score (nSPS) is 22.9. The molecule has 1 fully saturated rings. The number of carbonyl (C=O) groups is 3. The summed E-state index contributed by atoms with van der Waals surface area (Å²) in [4.78, 5) is 35.2. The molecular weight excluding hydrogens is 252 g/mol. The van der Waals surface area contributed by atoms with E-state index in [1.54, 1.807) is 4.90 Å². The van der Waals surface area contributed by atoms with Crippen LogP contribution in [0.15, 0.2) is 0 Å². The Bertz CT molecular complexity index is 358. The molecule has 0 radical (unpaired) electrons. The van der Waals surface area contributed by atoms with Gasteiger partial charge in [0.1, 0.15) is 0 Å². The molecule has 1 aliphatic heterocycles. The summed E-state index contributed by atoms with van der Waals surface area (Å²) in [5.41, 5.74) is 0. The zero-order valence-corrected chi connectivity index (χ0v) is 11.2. The first-order valence-corrected chi connectivity index (χ1v) is 6.34. The van der Waals surface area contributed by atoms with Crippen molar-refractivity contribution < 1.29 is 24.2 Å². The molecule has 0 aromatic rings. The number of aliphatic carboxylic acids is 1. The van der Waals surface area contributed by atoms with Gasteiger partial charge in [-0.25, -0.2) is 4.79 Å². The molecule has 1 saturated heterocycles. The highest BCUT2D eigenvalue weighted by molar-refractivity contribution is 5.94. The van der Waals surface area contributed by atoms with Crippen molar-refractivity contribution in [1.29, 1.82) is 0 Å². The fourth-order valence-corrected chi connectivity index (χ4v) is 1.84. The maximum Gasteiger partial charge on any atom is 0.324 e. The van der Waals surface area contributed by atoms with E-state index in [0.29, 0.717) is 13.2 Å². The number of imide groups is 1. The molecule has 0 aromatic heterocycles. The minimum absolute atomic E-state index is 0.0340. The maximum absolute atomic E-state index is 11.9. The van der Waals surface area contributed by atoms with Gasteiger partial charge in [-0.05, 0) is 20.3 Å². The summed E-state index contributed by atoms with van der Waals surface area (Å²) in [5, 5.41) is 10.7. The van der Waals surface area contributed by atoms with Crippen molar-refractivity contribution in [3.8, 4) is 0 Å². The third-order valence-electron chi connectivity index (χ3n) is 2.91. The van der Waals surface area contributed by atoms with Crippen molar-refractivity contribution in [2.45, 2.75) is 45.3 Å². The number of nitrogens with zero attached hydrogens (tertiary/aromatic N) is 1. The molecule has 0 bridgehead atoms. The van der Waals surface area contributed by atoms with Gasteiger partial charge in [0.05, 0.1) is 18.8 Å². The lowest BCUT2D eigenvalue weighted by atomic mass is 10.2. The maximum atomic E-state index is 11.9. The van der Waals surface area contributed by atoms with E-state index in [2.05, 4.69) is 5.32 Å². The summed E-state index contributed by atoms with van der Waals surface area (Å²) in [6.07, 6.45) is 0.131. The molecule has 0 spiro atoms. The standard InChI is InChI=1S/C12H20N2O5/c1-8-7-19-9(2)6-14(8)12(18)13-10(15)4-3-5-11(16)17/h8-9H,3-7H2,1-2H3,(H,16,17)(H,13,15,18). The van der Waals surface area contributed by atoms with Gasteiger partial charge in [0.25, 0.3) is 0 Å². The fraction of sp³-hybridized carbons (Fsp3) is 0.750. The molecule has 1 rings (SSSR count). The number of rotatable bonds is 4. The average Bonchev–Trinajstić information content (AvgIpc) is 2.31. The van der Waals surface area contributed by atoms with Crippen molar-refractivity contribution >= 4 is 17.9 Å². The Morgan fingerprint density at radius 3 is 2.63 bits per heavy atom. The summed E-state index contributed by atoms with van der Waals surface area (Å²) in [6, 6.07) is -0.522. The van der Waals surface area contributed by atoms with E-state index in [1.807, 2.05) is 13.8 Å². The zero-order valence-electron chi connectivity index (χ0n) is 11.2. The van der Waals surface area contributed by atoms with Gasteiger partial charge in [0, 0.05) is 19.4 Å². The predicted octanol–water partition coefficient (Wildman–Crippen LogP) is 0.587. The van der Waals surface area contributed by atoms with Gasteiger partial charge in [-0.15, -0.1) is 0 Å². The Kier molecular flexibility index (Phi) is 5.75. The fourth-order valence-electron chi connectivity index (χ4n) is 1.84. The number of amides is 3. The van der Waals surface area contributed by atoms with E-state index in [9.17, 15) is 14.4 Å². The third kappa shape index (κ3) is 5.25. The second-order valence-corrected chi connectivity index (χ2v) is 4.75. The van der Waals surface area contributed by atoms with E-state index >= 15 is 0 Å². The zero-order chi connectivity index (χ0) is 14.4. The monoisotopic (exact) mass is 272 g/mol. The van der Waals surface area contributed by atoms with Crippen LogP contribution in [0.1, 0.15) is 33.1 Å². The van der Waals surface area contributed by atoms with Crippen LogP contribution in [0.3, 0.4) is 0 Å². The van der Waals surface area contributed by atoms with Crippen LogP contribution in [-0.2, 0) is 14.3 Å². The highest BCUT2D eigenvalue weighted by Crippen LogP contribution is 2.11. The van der Waals surface area contributed by atoms with Crippen LogP contribution in [0.2, 0.25) is 0 Å². The number of carbonyl (C=O) groups excluding carboxylic acids is 2. The quantitative estimate of drug-likeness (QED) is 0.780. The summed E-state index contributed by atoms with van der Waals surface area (Å²) in [6.45, 7) is 4.60. The number of hydrogen-bond acceptors (Lipinski definition) is 4. The van der Waals surface area contributed by atoms with E-state index in [4.69, 9.17) is 9.84 Å². The number of nitrogens with one attached hydrogen (secondary N) is 1. The molecule has 19 heavy (non-hydrogen) atoms. The number of morpholine rings is 1. The molecular formula is C12H20N2O5. The number of ether oxygens (including phenoxy) is 1. The summed E-state index contributed by atoms with van der Waals surface area (Å²) in [7, 11) is 0. The molecule has 2 N–H and O–H groups in total. The topological polar surface area (TPSA) is 95.9 Å². The van der Waals surface area contributed by atoms with Crippen molar-refractivity contribution in [2.24, 2.45) is 0 Å². The second kappa shape index (κ2) is 7.08. The second-order valence-electron chi connectivity index (χ2n) is 4.75. The number of carboxylic acids is 1. The van der Waals surface area contributed by atoms with Crippen LogP contribution >= 0.6 is 0 Å². The van der Waals surface area contributed by atoms with Crippen LogP contribution in [-0.4, -0.2) is 53.2 Å². The van der Waals surface area contributed by atoms with Crippen molar-refractivity contribution in [3.05, 3.63) is 0 Å². The van der Waals surface area contributed by atoms with Gasteiger partial charge in [-0.2, -0.15) is 0 Å². The molecule has 7 heteroatoms. The lowest BCUT2D eigenvalue weighted by Gasteiger charge is -2.36. The van der Waals surface area contributed by atoms with E-state index in [1.165, 1.54) is 0 Å². The molecule has 0 saturated carbocycles. The average molecular weight is 272 g/mol. The highest BCUT2D eigenvalue weighted by Gasteiger charge is 2.28. The Labute approximate surface area is 111 Å². The first kappa shape index (κ1) is 15.4. The molecule has 7 nitrogen and oxygen atoms in total. The summed E-state index contributed by atoms with van der Waals surface area (Å²) >= 11 is 0. The van der Waals surface area contributed by atoms with Crippen LogP contribution < -0.4 is 5.32 Å². The van der Waals surface area contributed by atoms with Gasteiger partial charge < -0.3 is 14.7 Å². The van der Waals surface area contributed by atoms with Gasteiger partial charge in [-0.3, -0.25) is 14.9 Å². The number of carboxylic acid groups (broad SMARTS) is 1. The highest BCUT2D eigenvalue weighted by atomic mass is 16.5. The molecule has 0 aliphatic carbocycles. The molecule has 1 aliphatic rings. The smallest absolute Gasteiger partial charge is 0.324 e. The van der Waals surface area contributed by atoms with Crippen molar-refractivity contribution in [3.63, 3.8) is 0 Å². The Morgan fingerprint density at radius 2 is 2.00 bits per heavy atom. The van der Waals surface area contributed by atoms with E-state index in [0.717, 1.165) is 0 Å². The first-order valence-electron chi connectivity index (χ1n) is 6.34. The molecule has 1 heterocycles. The molecule has 3 amide bonds. The SMILES string of the molecule is CC1CN(C(=O)NC(=O)CCCC(=O)O)C(C)CO1. The van der Waals surface area contributed by atoms with Gasteiger partial charge in [0.15, 0.2) is 0 Å². The first-order chi connectivity index (χ1) is 8.90. The largest absolute Gasteiger partial charge is 0.481 e. The minimum atomic E-state index is -0.949. The summed E-state index contributed by atoms with van der Waals surface area (Å²) in [5.74, 6) is -1.40. The Balaban J connectivity index is 2.36. The lowest BCUT2D eigenvalue weighted by Crippen LogP contribution is -2.54. The minimum Gasteiger partial charge on any atom is -0.481 e. The van der Waals surface area contributed by atoms with Crippen molar-refractivity contribution in [1.82, 2.24) is 10.2 Å². The van der Waals surface area contributed by atoms with Gasteiger partial charge >= 0.3 is 12.0 Å². The molecule has 2 atom stereocenters. The van der Waals surface area contributed by atoms with Crippen LogP contribution in [0, 0.1) is 0 Å². The summed E-state index contributed by atoms with van der Waals surface area (Å²) < 4.78 is 5.39. The van der Waals surface area contributed by atoms with Crippen LogP contribution in [0.25, 0.3) is 0 Å². The number of hydrogen-bond donors (Lipinski definition) is 2. The van der Waals surface area contributed by atoms with E-state index < -0.39 is 17.9 Å². The molecule has 108 valence electrons. The lowest BCUT2D eigenvalue weighted by molar-refractivity contribution is -0.137. The van der Waals surface area contributed by atoms with Crippen LogP contribution in [0.4, 0.5) is 4.79 Å². The Hall–Kier alpha value is -1.63. The van der Waals surface area contributed by atoms with Gasteiger partial charge in [0.2, 0.25) is 5.91 Å². The van der Waals surface area contributed by atoms with Crippen LogP contribution in [0.5, 0.6) is 0 Å². The van der Waals surface area contributed by atoms with Gasteiger partial charge in [-0.1, -0.05) is 0 Å².